The number of likely N-dealkylation sites (tertiary alicyclic amines) is 1. The van der Waals surface area contributed by atoms with Crippen LogP contribution in [0.4, 0.5) is 0 Å². The predicted octanol–water partition coefficient (Wildman–Crippen LogP) is 2.59. The van der Waals surface area contributed by atoms with Crippen molar-refractivity contribution in [2.75, 3.05) is 19.7 Å². The number of hydrogen-bond acceptors (Lipinski definition) is 5. The van der Waals surface area contributed by atoms with Crippen molar-refractivity contribution in [3.05, 3.63) is 53.1 Å². The quantitative estimate of drug-likeness (QED) is 0.839. The number of β-amino-alcohol motifs (C(OH)–C–C–N with tert-alkyl or cyclic N) is 1. The molecule has 0 saturated carbocycles. The van der Waals surface area contributed by atoms with E-state index in [0.717, 1.165) is 12.1 Å². The molecule has 1 aliphatic rings. The van der Waals surface area contributed by atoms with E-state index in [1.165, 1.54) is 0 Å². The summed E-state index contributed by atoms with van der Waals surface area (Å²) in [6.07, 6.45) is 5.82. The first kappa shape index (κ1) is 18.6. The summed E-state index contributed by atoms with van der Waals surface area (Å²) in [5.41, 5.74) is 1.30. The lowest BCUT2D eigenvalue weighted by atomic mass is 10.0. The van der Waals surface area contributed by atoms with Gasteiger partial charge in [0.05, 0.1) is 23.4 Å². The van der Waals surface area contributed by atoms with Crippen LogP contribution in [0.1, 0.15) is 29.4 Å². The SMILES string of the molecule is CCCOc1ccc(C(=O)N2C[C@@H](Cc3cnccn3)[C@H](O)C2)cc1Cl. The molecule has 7 heteroatoms. The Hall–Kier alpha value is -2.18. The highest BCUT2D eigenvalue weighted by atomic mass is 35.5. The number of aliphatic hydroxyl groups excluding tert-OH is 1. The zero-order valence-corrected chi connectivity index (χ0v) is 15.4. The molecule has 0 unspecified atom stereocenters. The zero-order valence-electron chi connectivity index (χ0n) is 14.6. The number of ether oxygens (including phenoxy) is 1. The Morgan fingerprint density at radius 1 is 1.38 bits per heavy atom. The Kier molecular flexibility index (Phi) is 6.06. The molecule has 0 radical (unpaired) electrons. The van der Waals surface area contributed by atoms with Gasteiger partial charge in [-0.1, -0.05) is 18.5 Å². The van der Waals surface area contributed by atoms with Crippen LogP contribution >= 0.6 is 11.6 Å². The minimum absolute atomic E-state index is 0.0571. The Balaban J connectivity index is 1.66. The van der Waals surface area contributed by atoms with Gasteiger partial charge in [0.25, 0.3) is 5.91 Å². The summed E-state index contributed by atoms with van der Waals surface area (Å²) < 4.78 is 5.54. The van der Waals surface area contributed by atoms with Gasteiger partial charge in [0.15, 0.2) is 0 Å². The molecular formula is C19H22ClN3O3. The van der Waals surface area contributed by atoms with Crippen molar-refractivity contribution in [2.24, 2.45) is 5.92 Å². The lowest BCUT2D eigenvalue weighted by Crippen LogP contribution is -2.29. The van der Waals surface area contributed by atoms with Crippen molar-refractivity contribution in [1.82, 2.24) is 14.9 Å². The van der Waals surface area contributed by atoms with Crippen LogP contribution in [0, 0.1) is 5.92 Å². The maximum atomic E-state index is 12.8. The standard InChI is InChI=1S/C19H22ClN3O3/c1-2-7-26-18-4-3-13(9-16(18)20)19(25)23-11-14(17(24)12-23)8-15-10-21-5-6-22-15/h3-6,9-10,14,17,24H,2,7-8,11-12H2,1H3/t14-,17-/m1/s1. The molecule has 26 heavy (non-hydrogen) atoms. The lowest BCUT2D eigenvalue weighted by molar-refractivity contribution is 0.0764. The predicted molar refractivity (Wildman–Crippen MR) is 98.4 cm³/mol. The van der Waals surface area contributed by atoms with E-state index in [9.17, 15) is 9.90 Å². The van der Waals surface area contributed by atoms with Gasteiger partial charge in [-0.25, -0.2) is 0 Å². The van der Waals surface area contributed by atoms with Crippen LogP contribution in [0.2, 0.25) is 5.02 Å². The van der Waals surface area contributed by atoms with Crippen LogP contribution < -0.4 is 4.74 Å². The van der Waals surface area contributed by atoms with Gasteiger partial charge in [0.1, 0.15) is 5.75 Å². The first-order chi connectivity index (χ1) is 12.6. The van der Waals surface area contributed by atoms with Crippen molar-refractivity contribution < 1.29 is 14.6 Å². The maximum absolute atomic E-state index is 12.8. The van der Waals surface area contributed by atoms with E-state index in [-0.39, 0.29) is 11.8 Å². The van der Waals surface area contributed by atoms with E-state index in [1.54, 1.807) is 41.7 Å². The third kappa shape index (κ3) is 4.31. The van der Waals surface area contributed by atoms with Crippen molar-refractivity contribution in [1.29, 1.82) is 0 Å². The van der Waals surface area contributed by atoms with E-state index >= 15 is 0 Å². The maximum Gasteiger partial charge on any atom is 0.254 e. The fourth-order valence-corrected chi connectivity index (χ4v) is 3.31. The average molecular weight is 376 g/mol. The highest BCUT2D eigenvalue weighted by molar-refractivity contribution is 6.32. The number of rotatable bonds is 6. The first-order valence-corrected chi connectivity index (χ1v) is 9.11. The van der Waals surface area contributed by atoms with Crippen LogP contribution in [-0.2, 0) is 6.42 Å². The topological polar surface area (TPSA) is 75.5 Å². The van der Waals surface area contributed by atoms with Crippen LogP contribution in [0.3, 0.4) is 0 Å². The second kappa shape index (κ2) is 8.47. The normalized spacial score (nSPS) is 19.6. The summed E-state index contributed by atoms with van der Waals surface area (Å²) in [4.78, 5) is 22.7. The average Bonchev–Trinajstić information content (AvgIpc) is 3.01. The third-order valence-corrected chi connectivity index (χ3v) is 4.72. The fraction of sp³-hybridized carbons (Fsp3) is 0.421. The molecule has 1 amide bonds. The van der Waals surface area contributed by atoms with E-state index in [4.69, 9.17) is 16.3 Å². The van der Waals surface area contributed by atoms with Crippen LogP contribution in [0.25, 0.3) is 0 Å². The second-order valence-corrected chi connectivity index (χ2v) is 6.84. The number of aromatic nitrogens is 2. The van der Waals surface area contributed by atoms with Crippen LogP contribution in [0.15, 0.2) is 36.8 Å². The smallest absolute Gasteiger partial charge is 0.254 e. The molecular weight excluding hydrogens is 354 g/mol. The number of aliphatic hydroxyl groups is 1. The van der Waals surface area contributed by atoms with Gasteiger partial charge in [-0.15, -0.1) is 0 Å². The molecule has 0 spiro atoms. The lowest BCUT2D eigenvalue weighted by Gasteiger charge is -2.17. The fourth-order valence-electron chi connectivity index (χ4n) is 3.07. The van der Waals surface area contributed by atoms with E-state index in [0.29, 0.717) is 42.5 Å². The molecule has 1 N–H and O–H groups in total. The molecule has 0 aliphatic carbocycles. The molecule has 1 aliphatic heterocycles. The first-order valence-electron chi connectivity index (χ1n) is 8.73. The van der Waals surface area contributed by atoms with Crippen molar-refractivity contribution in [3.63, 3.8) is 0 Å². The molecule has 138 valence electrons. The highest BCUT2D eigenvalue weighted by Crippen LogP contribution is 2.28. The Labute approximate surface area is 157 Å². The van der Waals surface area contributed by atoms with E-state index in [2.05, 4.69) is 9.97 Å². The molecule has 0 bridgehead atoms. The molecule has 3 rings (SSSR count). The third-order valence-electron chi connectivity index (χ3n) is 4.42. The number of halogens is 1. The molecule has 2 atom stereocenters. The number of hydrogen-bond donors (Lipinski definition) is 1. The Morgan fingerprint density at radius 3 is 2.92 bits per heavy atom. The van der Waals surface area contributed by atoms with E-state index in [1.807, 2.05) is 6.92 Å². The number of carbonyl (C=O) groups excluding carboxylic acids is 1. The summed E-state index contributed by atoms with van der Waals surface area (Å²) in [5, 5.41) is 10.7. The van der Waals surface area contributed by atoms with Gasteiger partial charge in [0, 0.05) is 43.2 Å². The van der Waals surface area contributed by atoms with Gasteiger partial charge >= 0.3 is 0 Å². The number of carbonyl (C=O) groups is 1. The Bertz CT molecular complexity index is 757. The molecule has 6 nitrogen and oxygen atoms in total. The summed E-state index contributed by atoms with van der Waals surface area (Å²) in [6, 6.07) is 5.05. The van der Waals surface area contributed by atoms with Gasteiger partial charge < -0.3 is 14.7 Å². The summed E-state index contributed by atoms with van der Waals surface area (Å²) in [5.74, 6) is 0.375. The summed E-state index contributed by atoms with van der Waals surface area (Å²) in [6.45, 7) is 3.37. The minimum Gasteiger partial charge on any atom is -0.492 e. The molecule has 1 fully saturated rings. The molecule has 2 heterocycles. The van der Waals surface area contributed by atoms with Crippen molar-refractivity contribution >= 4 is 17.5 Å². The van der Waals surface area contributed by atoms with Crippen molar-refractivity contribution in [3.8, 4) is 5.75 Å². The number of amides is 1. The Morgan fingerprint density at radius 2 is 2.23 bits per heavy atom. The number of benzene rings is 1. The van der Waals surface area contributed by atoms with Gasteiger partial charge in [-0.05, 0) is 31.0 Å². The van der Waals surface area contributed by atoms with E-state index < -0.39 is 6.10 Å². The highest BCUT2D eigenvalue weighted by Gasteiger charge is 2.34. The van der Waals surface area contributed by atoms with Gasteiger partial charge in [-0.2, -0.15) is 0 Å². The molecule has 1 saturated heterocycles. The van der Waals surface area contributed by atoms with Crippen LogP contribution in [0.5, 0.6) is 5.75 Å². The molecule has 1 aromatic carbocycles. The van der Waals surface area contributed by atoms with Crippen molar-refractivity contribution in [2.45, 2.75) is 25.9 Å². The zero-order chi connectivity index (χ0) is 18.5. The van der Waals surface area contributed by atoms with Gasteiger partial charge in [-0.3, -0.25) is 14.8 Å². The largest absolute Gasteiger partial charge is 0.492 e. The molecule has 2 aromatic rings. The van der Waals surface area contributed by atoms with Gasteiger partial charge in [0.2, 0.25) is 0 Å². The minimum atomic E-state index is -0.580. The summed E-state index contributed by atoms with van der Waals surface area (Å²) in [7, 11) is 0. The number of nitrogens with zero attached hydrogens (tertiary/aromatic N) is 3. The monoisotopic (exact) mass is 375 g/mol. The molecule has 1 aromatic heterocycles. The van der Waals surface area contributed by atoms with Crippen LogP contribution in [-0.4, -0.2) is 51.7 Å². The summed E-state index contributed by atoms with van der Waals surface area (Å²) >= 11 is 6.22. The second-order valence-electron chi connectivity index (χ2n) is 6.43.